The van der Waals surface area contributed by atoms with Crippen molar-refractivity contribution in [2.75, 3.05) is 13.2 Å². The quantitative estimate of drug-likeness (QED) is 0.745. The molecule has 0 amide bonds. The van der Waals surface area contributed by atoms with Crippen LogP contribution in [-0.2, 0) is 0 Å². The molecule has 0 aliphatic rings. The monoisotopic (exact) mass is 340 g/mol. The van der Waals surface area contributed by atoms with Crippen LogP contribution in [0.4, 0.5) is 0 Å². The Balaban J connectivity index is 3.42. The first kappa shape index (κ1) is 18.4. The van der Waals surface area contributed by atoms with Crippen molar-refractivity contribution in [1.29, 1.82) is 10.5 Å². The van der Waals surface area contributed by atoms with Gasteiger partial charge in [0, 0.05) is 0 Å². The van der Waals surface area contributed by atoms with Gasteiger partial charge in [-0.3, -0.25) is 0 Å². The van der Waals surface area contributed by atoms with Crippen LogP contribution >= 0.6 is 23.2 Å². The summed E-state index contributed by atoms with van der Waals surface area (Å²) in [7, 11) is 0. The van der Waals surface area contributed by atoms with Crippen LogP contribution in [0, 0.1) is 34.5 Å². The molecule has 0 aliphatic heterocycles. The van der Waals surface area contributed by atoms with Gasteiger partial charge in [0.05, 0.1) is 13.2 Å². The van der Waals surface area contributed by atoms with Gasteiger partial charge in [-0.05, 0) is 11.8 Å². The molecule has 0 saturated heterocycles. The molecule has 0 spiro atoms. The summed E-state index contributed by atoms with van der Waals surface area (Å²) in [6.07, 6.45) is 0. The standard InChI is InChI=1S/C16H18Cl2N2O2/c1-9(2)7-21-15-11(5-19)12(6-20)16(14(18)13(15)17)22-8-10(3)4/h9-10H,7-8H2,1-4H3. The van der Waals surface area contributed by atoms with Crippen molar-refractivity contribution in [3.8, 4) is 23.6 Å². The maximum absolute atomic E-state index is 9.37. The fourth-order valence-electron chi connectivity index (χ4n) is 1.63. The zero-order chi connectivity index (χ0) is 16.9. The van der Waals surface area contributed by atoms with Crippen molar-refractivity contribution in [3.05, 3.63) is 21.2 Å². The van der Waals surface area contributed by atoms with Gasteiger partial charge in [-0.2, -0.15) is 10.5 Å². The van der Waals surface area contributed by atoms with Gasteiger partial charge >= 0.3 is 0 Å². The van der Waals surface area contributed by atoms with Crippen molar-refractivity contribution in [3.63, 3.8) is 0 Å². The van der Waals surface area contributed by atoms with Gasteiger partial charge in [0.1, 0.15) is 33.3 Å². The summed E-state index contributed by atoms with van der Waals surface area (Å²) >= 11 is 12.4. The first-order valence-corrected chi connectivity index (χ1v) is 7.69. The summed E-state index contributed by atoms with van der Waals surface area (Å²) in [5.74, 6) is 0.750. The maximum atomic E-state index is 9.37. The van der Waals surface area contributed by atoms with E-state index >= 15 is 0 Å². The Bertz CT molecular complexity index is 574. The van der Waals surface area contributed by atoms with Gasteiger partial charge in [-0.25, -0.2) is 0 Å². The highest BCUT2D eigenvalue weighted by molar-refractivity contribution is 6.44. The molecule has 22 heavy (non-hydrogen) atoms. The molecule has 0 fully saturated rings. The Morgan fingerprint density at radius 1 is 0.818 bits per heavy atom. The number of nitrogens with zero attached hydrogens (tertiary/aromatic N) is 2. The van der Waals surface area contributed by atoms with Gasteiger partial charge < -0.3 is 9.47 Å². The molecule has 0 aromatic heterocycles. The summed E-state index contributed by atoms with van der Waals surface area (Å²) in [5.41, 5.74) is 0.104. The zero-order valence-electron chi connectivity index (χ0n) is 13.0. The Kier molecular flexibility index (Phi) is 6.81. The van der Waals surface area contributed by atoms with Crippen molar-refractivity contribution >= 4 is 23.2 Å². The summed E-state index contributed by atoms with van der Waals surface area (Å²) in [6.45, 7) is 8.59. The molecule has 0 aliphatic carbocycles. The lowest BCUT2D eigenvalue weighted by atomic mass is 10.1. The molecule has 1 aromatic carbocycles. The lowest BCUT2D eigenvalue weighted by molar-refractivity contribution is 0.263. The fourth-order valence-corrected chi connectivity index (χ4v) is 2.10. The number of halogens is 2. The second kappa shape index (κ2) is 8.13. The van der Waals surface area contributed by atoms with E-state index < -0.39 is 0 Å². The van der Waals surface area contributed by atoms with E-state index in [0.717, 1.165) is 0 Å². The van der Waals surface area contributed by atoms with Crippen molar-refractivity contribution in [1.82, 2.24) is 0 Å². The average molecular weight is 341 g/mol. The molecule has 0 bridgehead atoms. The first-order valence-electron chi connectivity index (χ1n) is 6.94. The van der Waals surface area contributed by atoms with E-state index in [1.54, 1.807) is 0 Å². The van der Waals surface area contributed by atoms with E-state index in [1.807, 2.05) is 39.8 Å². The summed E-state index contributed by atoms with van der Waals surface area (Å²) in [6, 6.07) is 3.93. The van der Waals surface area contributed by atoms with E-state index in [-0.39, 0.29) is 44.5 Å². The Hall–Kier alpha value is -1.62. The van der Waals surface area contributed by atoms with Crippen LogP contribution in [0.15, 0.2) is 0 Å². The molecule has 0 unspecified atom stereocenters. The number of rotatable bonds is 6. The van der Waals surface area contributed by atoms with E-state index in [4.69, 9.17) is 32.7 Å². The Morgan fingerprint density at radius 2 is 1.14 bits per heavy atom. The van der Waals surface area contributed by atoms with Gasteiger partial charge in [0.2, 0.25) is 0 Å². The van der Waals surface area contributed by atoms with Crippen LogP contribution in [0.1, 0.15) is 38.8 Å². The largest absolute Gasteiger partial charge is 0.490 e. The number of hydrogen-bond donors (Lipinski definition) is 0. The molecular weight excluding hydrogens is 323 g/mol. The minimum absolute atomic E-state index is 0.0521. The zero-order valence-corrected chi connectivity index (χ0v) is 14.5. The fraction of sp³-hybridized carbons (Fsp3) is 0.500. The SMILES string of the molecule is CC(C)COc1c(Cl)c(Cl)c(OCC(C)C)c(C#N)c1C#N. The highest BCUT2D eigenvalue weighted by Gasteiger charge is 2.25. The van der Waals surface area contributed by atoms with E-state index in [2.05, 4.69) is 0 Å². The van der Waals surface area contributed by atoms with Crippen LogP contribution in [0.2, 0.25) is 10.0 Å². The molecule has 1 aromatic rings. The summed E-state index contributed by atoms with van der Waals surface area (Å²) in [4.78, 5) is 0. The van der Waals surface area contributed by atoms with Gasteiger partial charge in [-0.1, -0.05) is 50.9 Å². The third-order valence-electron chi connectivity index (χ3n) is 2.64. The highest BCUT2D eigenvalue weighted by atomic mass is 35.5. The summed E-state index contributed by atoms with van der Waals surface area (Å²) < 4.78 is 11.2. The molecule has 0 radical (unpaired) electrons. The lowest BCUT2D eigenvalue weighted by Gasteiger charge is -2.18. The van der Waals surface area contributed by atoms with Gasteiger partial charge in [0.25, 0.3) is 0 Å². The average Bonchev–Trinajstić information content (AvgIpc) is 2.46. The maximum Gasteiger partial charge on any atom is 0.158 e. The number of benzene rings is 1. The van der Waals surface area contributed by atoms with Crippen LogP contribution in [0.25, 0.3) is 0 Å². The number of nitriles is 2. The van der Waals surface area contributed by atoms with Crippen LogP contribution < -0.4 is 9.47 Å². The van der Waals surface area contributed by atoms with Crippen LogP contribution in [0.5, 0.6) is 11.5 Å². The predicted octanol–water partition coefficient (Wildman–Crippen LogP) is 4.81. The molecule has 1 rings (SSSR count). The van der Waals surface area contributed by atoms with Crippen LogP contribution in [-0.4, -0.2) is 13.2 Å². The van der Waals surface area contributed by atoms with Gasteiger partial charge in [-0.15, -0.1) is 0 Å². The number of ether oxygens (including phenoxy) is 2. The van der Waals surface area contributed by atoms with Crippen molar-refractivity contribution < 1.29 is 9.47 Å². The summed E-state index contributed by atoms with van der Waals surface area (Å²) in [5, 5.41) is 18.9. The predicted molar refractivity (Wildman–Crippen MR) is 86.6 cm³/mol. The molecular formula is C16H18Cl2N2O2. The lowest BCUT2D eigenvalue weighted by Crippen LogP contribution is -2.10. The molecule has 0 heterocycles. The molecule has 0 saturated carbocycles. The minimum atomic E-state index is 0.0521. The van der Waals surface area contributed by atoms with E-state index in [9.17, 15) is 10.5 Å². The molecule has 4 nitrogen and oxygen atoms in total. The third-order valence-corrected chi connectivity index (χ3v) is 3.46. The molecule has 118 valence electrons. The second-order valence-corrected chi connectivity index (χ2v) is 6.43. The highest BCUT2D eigenvalue weighted by Crippen LogP contribution is 2.45. The van der Waals surface area contributed by atoms with E-state index in [0.29, 0.717) is 13.2 Å². The van der Waals surface area contributed by atoms with Crippen LogP contribution in [0.3, 0.4) is 0 Å². The molecule has 0 atom stereocenters. The Morgan fingerprint density at radius 3 is 1.36 bits per heavy atom. The van der Waals surface area contributed by atoms with Crippen molar-refractivity contribution in [2.45, 2.75) is 27.7 Å². The van der Waals surface area contributed by atoms with Gasteiger partial charge in [0.15, 0.2) is 11.5 Å². The second-order valence-electron chi connectivity index (χ2n) is 5.67. The third kappa shape index (κ3) is 4.19. The smallest absolute Gasteiger partial charge is 0.158 e. The topological polar surface area (TPSA) is 66.0 Å². The molecule has 0 N–H and O–H groups in total. The minimum Gasteiger partial charge on any atom is -0.490 e. The van der Waals surface area contributed by atoms with Crippen molar-refractivity contribution in [2.24, 2.45) is 11.8 Å². The first-order chi connectivity index (χ1) is 10.3. The molecule has 6 heteroatoms. The van der Waals surface area contributed by atoms with E-state index in [1.165, 1.54) is 0 Å². The number of hydrogen-bond acceptors (Lipinski definition) is 4. The normalized spacial score (nSPS) is 10.5. The Labute approximate surface area is 141 Å².